The molecule has 0 saturated carbocycles. The molecule has 0 spiro atoms. The van der Waals surface area contributed by atoms with Gasteiger partial charge in [0.15, 0.2) is 0 Å². The second-order valence-corrected chi connectivity index (χ2v) is 6.56. The van der Waals surface area contributed by atoms with E-state index in [2.05, 4.69) is 17.8 Å². The van der Waals surface area contributed by atoms with Gasteiger partial charge in [0.05, 0.1) is 4.88 Å². The lowest BCUT2D eigenvalue weighted by atomic mass is 10.2. The molecule has 0 radical (unpaired) electrons. The van der Waals surface area contributed by atoms with Crippen molar-refractivity contribution in [2.75, 3.05) is 19.0 Å². The Morgan fingerprint density at radius 2 is 1.83 bits per heavy atom. The van der Waals surface area contributed by atoms with Crippen molar-refractivity contribution in [3.63, 3.8) is 0 Å². The largest absolute Gasteiger partial charge is 0.378 e. The highest BCUT2D eigenvalue weighted by Crippen LogP contribution is 2.22. The third kappa shape index (κ3) is 4.10. The fourth-order valence-corrected chi connectivity index (χ4v) is 3.16. The summed E-state index contributed by atoms with van der Waals surface area (Å²) in [6.07, 6.45) is 0.896. The maximum Gasteiger partial charge on any atom is 0.279 e. The van der Waals surface area contributed by atoms with E-state index >= 15 is 0 Å². The highest BCUT2D eigenvalue weighted by Gasteiger charge is 2.13. The first kappa shape index (κ1) is 17.0. The van der Waals surface area contributed by atoms with Crippen LogP contribution < -0.4 is 15.8 Å². The molecule has 2 aromatic rings. The Morgan fingerprint density at radius 3 is 2.43 bits per heavy atom. The van der Waals surface area contributed by atoms with Crippen LogP contribution in [0.15, 0.2) is 30.3 Å². The van der Waals surface area contributed by atoms with Gasteiger partial charge in [-0.15, -0.1) is 11.3 Å². The van der Waals surface area contributed by atoms with Gasteiger partial charge in [-0.05, 0) is 43.2 Å². The van der Waals surface area contributed by atoms with Crippen LogP contribution in [0.25, 0.3) is 0 Å². The lowest BCUT2D eigenvalue weighted by Crippen LogP contribution is -2.41. The lowest BCUT2D eigenvalue weighted by molar-refractivity contribution is 0.0849. The normalized spacial score (nSPS) is 10.3. The molecule has 2 rings (SSSR count). The molecule has 2 N–H and O–H groups in total. The van der Waals surface area contributed by atoms with E-state index in [1.165, 1.54) is 16.2 Å². The fourth-order valence-electron chi connectivity index (χ4n) is 2.16. The Labute approximate surface area is 140 Å². The molecule has 0 aliphatic carbocycles. The molecule has 0 unspecified atom stereocenters. The van der Waals surface area contributed by atoms with E-state index in [4.69, 9.17) is 0 Å². The van der Waals surface area contributed by atoms with Gasteiger partial charge in [-0.3, -0.25) is 20.4 Å². The molecule has 1 heterocycles. The molecule has 6 heteroatoms. The van der Waals surface area contributed by atoms with E-state index in [0.717, 1.165) is 17.7 Å². The summed E-state index contributed by atoms with van der Waals surface area (Å²) in [4.78, 5) is 27.9. The maximum absolute atomic E-state index is 12.1. The Kier molecular flexibility index (Phi) is 5.39. The number of hydrogen-bond acceptors (Lipinski definition) is 4. The molecule has 0 fully saturated rings. The standard InChI is InChI=1S/C17H21N3O2S/c1-5-14-11(2)9-15(23-14)17(22)19-18-16(21)12-7-6-8-13(10-12)20(3)4/h6-10H,5H2,1-4H3,(H,18,21)(H,19,22). The topological polar surface area (TPSA) is 61.4 Å². The van der Waals surface area contributed by atoms with E-state index in [1.807, 2.05) is 44.1 Å². The minimum atomic E-state index is -0.342. The van der Waals surface area contributed by atoms with Gasteiger partial charge in [-0.25, -0.2) is 0 Å². The summed E-state index contributed by atoms with van der Waals surface area (Å²) in [5.41, 5.74) is 7.45. The first-order chi connectivity index (χ1) is 10.9. The SMILES string of the molecule is CCc1sc(C(=O)NNC(=O)c2cccc(N(C)C)c2)cc1C. The molecule has 2 amide bonds. The summed E-state index contributed by atoms with van der Waals surface area (Å²) >= 11 is 1.45. The molecule has 0 bridgehead atoms. The Balaban J connectivity index is 2.00. The summed E-state index contributed by atoms with van der Waals surface area (Å²) in [5.74, 6) is -0.638. The minimum Gasteiger partial charge on any atom is -0.378 e. The van der Waals surface area contributed by atoms with E-state index in [0.29, 0.717) is 10.4 Å². The number of nitrogens with zero attached hydrogens (tertiary/aromatic N) is 1. The Bertz CT molecular complexity index is 722. The summed E-state index contributed by atoms with van der Waals surface area (Å²) < 4.78 is 0. The minimum absolute atomic E-state index is 0.296. The summed E-state index contributed by atoms with van der Waals surface area (Å²) in [6, 6.07) is 9.04. The van der Waals surface area contributed by atoms with Crippen molar-refractivity contribution in [1.29, 1.82) is 0 Å². The molecular weight excluding hydrogens is 310 g/mol. The van der Waals surface area contributed by atoms with Crippen LogP contribution in [0.1, 0.15) is 37.4 Å². The monoisotopic (exact) mass is 331 g/mol. The van der Waals surface area contributed by atoms with Gasteiger partial charge in [0.2, 0.25) is 0 Å². The molecular formula is C17H21N3O2S. The van der Waals surface area contributed by atoms with Crippen LogP contribution in [0, 0.1) is 6.92 Å². The number of hydrogen-bond donors (Lipinski definition) is 2. The average molecular weight is 331 g/mol. The van der Waals surface area contributed by atoms with E-state index in [-0.39, 0.29) is 11.8 Å². The lowest BCUT2D eigenvalue weighted by Gasteiger charge is -2.13. The Morgan fingerprint density at radius 1 is 1.13 bits per heavy atom. The number of anilines is 1. The smallest absolute Gasteiger partial charge is 0.279 e. The maximum atomic E-state index is 12.1. The van der Waals surface area contributed by atoms with Crippen LogP contribution in [-0.2, 0) is 6.42 Å². The van der Waals surface area contributed by atoms with Crippen molar-refractivity contribution in [2.24, 2.45) is 0 Å². The number of nitrogens with one attached hydrogen (secondary N) is 2. The summed E-state index contributed by atoms with van der Waals surface area (Å²) in [7, 11) is 3.81. The highest BCUT2D eigenvalue weighted by atomic mass is 32.1. The third-order valence-electron chi connectivity index (χ3n) is 3.48. The zero-order valence-electron chi connectivity index (χ0n) is 13.8. The van der Waals surface area contributed by atoms with Gasteiger partial charge in [0, 0.05) is 30.2 Å². The predicted molar refractivity (Wildman–Crippen MR) is 94.1 cm³/mol. The summed E-state index contributed by atoms with van der Waals surface area (Å²) in [6.45, 7) is 4.04. The van der Waals surface area contributed by atoms with Gasteiger partial charge in [-0.2, -0.15) is 0 Å². The van der Waals surface area contributed by atoms with E-state index in [1.54, 1.807) is 12.1 Å². The first-order valence-corrected chi connectivity index (χ1v) is 8.21. The van der Waals surface area contributed by atoms with Crippen molar-refractivity contribution < 1.29 is 9.59 Å². The number of carbonyl (C=O) groups is 2. The van der Waals surface area contributed by atoms with Crippen molar-refractivity contribution in [2.45, 2.75) is 20.3 Å². The van der Waals surface area contributed by atoms with Gasteiger partial charge in [-0.1, -0.05) is 13.0 Å². The van der Waals surface area contributed by atoms with Crippen molar-refractivity contribution in [3.05, 3.63) is 51.2 Å². The number of carbonyl (C=O) groups excluding carboxylic acids is 2. The number of rotatable bonds is 4. The molecule has 1 aromatic carbocycles. The van der Waals surface area contributed by atoms with Gasteiger partial charge in [0.1, 0.15) is 0 Å². The number of hydrazine groups is 1. The average Bonchev–Trinajstić information content (AvgIpc) is 2.93. The molecule has 23 heavy (non-hydrogen) atoms. The fraction of sp³-hybridized carbons (Fsp3) is 0.294. The van der Waals surface area contributed by atoms with Crippen LogP contribution in [0.2, 0.25) is 0 Å². The highest BCUT2D eigenvalue weighted by molar-refractivity contribution is 7.14. The third-order valence-corrected chi connectivity index (χ3v) is 4.86. The van der Waals surface area contributed by atoms with Crippen LogP contribution >= 0.6 is 11.3 Å². The van der Waals surface area contributed by atoms with Crippen LogP contribution in [0.4, 0.5) is 5.69 Å². The van der Waals surface area contributed by atoms with Crippen LogP contribution in [0.5, 0.6) is 0 Å². The van der Waals surface area contributed by atoms with Crippen molar-refractivity contribution in [3.8, 4) is 0 Å². The number of aryl methyl sites for hydroxylation is 2. The van der Waals surface area contributed by atoms with E-state index < -0.39 is 0 Å². The zero-order chi connectivity index (χ0) is 17.0. The molecule has 0 aliphatic heterocycles. The van der Waals surface area contributed by atoms with Crippen LogP contribution in [0.3, 0.4) is 0 Å². The van der Waals surface area contributed by atoms with Gasteiger partial charge < -0.3 is 4.90 Å². The predicted octanol–water partition coefficient (Wildman–Crippen LogP) is 2.76. The Hall–Kier alpha value is -2.34. The zero-order valence-corrected chi connectivity index (χ0v) is 14.6. The second kappa shape index (κ2) is 7.28. The quantitative estimate of drug-likeness (QED) is 0.847. The molecule has 0 saturated heterocycles. The molecule has 0 aliphatic rings. The van der Waals surface area contributed by atoms with Crippen molar-refractivity contribution in [1.82, 2.24) is 10.9 Å². The van der Waals surface area contributed by atoms with Crippen LogP contribution in [-0.4, -0.2) is 25.9 Å². The van der Waals surface area contributed by atoms with E-state index in [9.17, 15) is 9.59 Å². The van der Waals surface area contributed by atoms with Gasteiger partial charge in [0.25, 0.3) is 11.8 Å². The molecule has 5 nitrogen and oxygen atoms in total. The summed E-state index contributed by atoms with van der Waals surface area (Å²) in [5, 5.41) is 0. The number of amides is 2. The van der Waals surface area contributed by atoms with Crippen molar-refractivity contribution >= 4 is 28.8 Å². The molecule has 0 atom stereocenters. The molecule has 1 aromatic heterocycles. The van der Waals surface area contributed by atoms with Gasteiger partial charge >= 0.3 is 0 Å². The number of thiophene rings is 1. The first-order valence-electron chi connectivity index (χ1n) is 7.39. The molecule has 122 valence electrons. The second-order valence-electron chi connectivity index (χ2n) is 5.42. The number of benzene rings is 1.